The van der Waals surface area contributed by atoms with Crippen molar-refractivity contribution in [3.8, 4) is 22.3 Å². The summed E-state index contributed by atoms with van der Waals surface area (Å²) in [4.78, 5) is 0. The molecule has 0 unspecified atom stereocenters. The number of hydrogen-bond acceptors (Lipinski definition) is 1. The molecule has 0 aliphatic heterocycles. The molecule has 0 radical (unpaired) electrons. The van der Waals surface area contributed by atoms with Gasteiger partial charge in [0.1, 0.15) is 11.2 Å². The second kappa shape index (κ2) is 7.08. The average molecular weight is 429 g/mol. The van der Waals surface area contributed by atoms with Crippen LogP contribution < -0.4 is 0 Å². The Morgan fingerprint density at radius 3 is 1.79 bits per heavy atom. The van der Waals surface area contributed by atoms with Gasteiger partial charge in [0.15, 0.2) is 0 Å². The number of benzene rings is 6. The molecule has 0 amide bonds. The molecule has 0 atom stereocenters. The van der Waals surface area contributed by atoms with E-state index in [0.29, 0.717) is 11.6 Å². The second-order valence-electron chi connectivity index (χ2n) is 7.89. The van der Waals surface area contributed by atoms with E-state index in [-0.39, 0.29) is 57.7 Å². The number of rotatable bonds is 2. The molecular weight excluding hydrogens is 400 g/mol. The third kappa shape index (κ3) is 2.66. The average Bonchev–Trinajstić information content (AvgIpc) is 3.39. The lowest BCUT2D eigenvalue weighted by molar-refractivity contribution is 0.669. The minimum atomic E-state index is -0.453. The quantitative estimate of drug-likeness (QED) is 0.250. The monoisotopic (exact) mass is 428 g/mol. The Morgan fingerprint density at radius 1 is 0.485 bits per heavy atom. The molecule has 1 heteroatoms. The molecule has 0 saturated carbocycles. The highest BCUT2D eigenvalue weighted by Gasteiger charge is 2.19. The van der Waals surface area contributed by atoms with Crippen LogP contribution in [0.5, 0.6) is 0 Å². The van der Waals surface area contributed by atoms with E-state index < -0.39 is 12.1 Å². The Labute approximate surface area is 202 Å². The van der Waals surface area contributed by atoms with Crippen LogP contribution in [0.4, 0.5) is 0 Å². The molecule has 7 rings (SSSR count). The molecule has 6 aromatic carbocycles. The van der Waals surface area contributed by atoms with Gasteiger partial charge in [-0.2, -0.15) is 0 Å². The van der Waals surface area contributed by atoms with Gasteiger partial charge in [0.2, 0.25) is 0 Å². The van der Waals surface area contributed by atoms with Crippen LogP contribution in [0.3, 0.4) is 0 Å². The summed E-state index contributed by atoms with van der Waals surface area (Å²) in [6, 6.07) is 20.6. The Balaban J connectivity index is 1.77. The molecule has 0 aliphatic carbocycles. The van der Waals surface area contributed by atoms with Crippen molar-refractivity contribution < 1.29 is 15.4 Å². The fraction of sp³-hybridized carbons (Fsp3) is 0. The molecule has 0 saturated heterocycles. The van der Waals surface area contributed by atoms with Gasteiger partial charge in [-0.3, -0.25) is 0 Å². The Morgan fingerprint density at radius 2 is 1.09 bits per heavy atom. The van der Waals surface area contributed by atoms with Gasteiger partial charge in [0.05, 0.1) is 11.0 Å². The van der Waals surface area contributed by atoms with Crippen LogP contribution in [0.15, 0.2) is 126 Å². The predicted molar refractivity (Wildman–Crippen MR) is 140 cm³/mol. The van der Waals surface area contributed by atoms with Crippen molar-refractivity contribution in [2.24, 2.45) is 0 Å². The molecule has 154 valence electrons. The van der Waals surface area contributed by atoms with Gasteiger partial charge in [0, 0.05) is 10.8 Å². The van der Waals surface area contributed by atoms with Crippen molar-refractivity contribution in [2.45, 2.75) is 0 Å². The van der Waals surface area contributed by atoms with Gasteiger partial charge in [-0.05, 0) is 55.9 Å². The summed E-state index contributed by atoms with van der Waals surface area (Å²) in [5.41, 5.74) is 2.62. The molecule has 1 nitrogen and oxygen atoms in total. The SMILES string of the molecule is [2H]c1ccc(-c2c3ccccc3c(-c3c([2H])c([2H])c([2H])c4oc5c([2H])c([2H])c([2H])c([2H])c5c34)c3ccccc23)cc1. The van der Waals surface area contributed by atoms with Crippen molar-refractivity contribution in [1.82, 2.24) is 0 Å². The van der Waals surface area contributed by atoms with E-state index in [1.165, 1.54) is 0 Å². The zero-order valence-electron chi connectivity index (χ0n) is 25.3. The Hall–Kier alpha value is -4.36. The molecule has 1 heterocycles. The lowest BCUT2D eigenvalue weighted by Gasteiger charge is -2.18. The normalized spacial score (nSPS) is 15.0. The smallest absolute Gasteiger partial charge is 0.136 e. The molecule has 0 N–H and O–H groups in total. The summed E-state index contributed by atoms with van der Waals surface area (Å²) >= 11 is 0. The summed E-state index contributed by atoms with van der Waals surface area (Å²) < 4.78 is 74.0. The van der Waals surface area contributed by atoms with E-state index in [1.54, 1.807) is 12.1 Å². The van der Waals surface area contributed by atoms with Gasteiger partial charge in [-0.15, -0.1) is 0 Å². The maximum absolute atomic E-state index is 9.12. The summed E-state index contributed by atoms with van der Waals surface area (Å²) in [5.74, 6) is 0. The third-order valence-corrected chi connectivity index (χ3v) is 6.14. The lowest BCUT2D eigenvalue weighted by Crippen LogP contribution is -1.91. The Bertz CT molecular complexity index is 2180. The van der Waals surface area contributed by atoms with E-state index in [9.17, 15) is 0 Å². The van der Waals surface area contributed by atoms with Crippen molar-refractivity contribution in [3.63, 3.8) is 0 Å². The fourth-order valence-corrected chi connectivity index (χ4v) is 4.81. The highest BCUT2D eigenvalue weighted by Crippen LogP contribution is 2.46. The highest BCUT2D eigenvalue weighted by atomic mass is 16.3. The lowest BCUT2D eigenvalue weighted by atomic mass is 9.85. The van der Waals surface area contributed by atoms with Gasteiger partial charge in [-0.25, -0.2) is 0 Å². The van der Waals surface area contributed by atoms with Crippen LogP contribution in [0.1, 0.15) is 11.0 Å². The zero-order valence-corrected chi connectivity index (χ0v) is 17.3. The molecule has 7 aromatic rings. The van der Waals surface area contributed by atoms with E-state index >= 15 is 0 Å². The minimum Gasteiger partial charge on any atom is -0.456 e. The first-order valence-corrected chi connectivity index (χ1v) is 10.6. The van der Waals surface area contributed by atoms with E-state index in [0.717, 1.165) is 32.7 Å². The van der Waals surface area contributed by atoms with Crippen LogP contribution in [0.25, 0.3) is 65.7 Å². The first-order valence-electron chi connectivity index (χ1n) is 14.6. The van der Waals surface area contributed by atoms with Gasteiger partial charge >= 0.3 is 0 Å². The van der Waals surface area contributed by atoms with Gasteiger partial charge in [-0.1, -0.05) is 109 Å². The van der Waals surface area contributed by atoms with E-state index in [4.69, 9.17) is 15.4 Å². The van der Waals surface area contributed by atoms with Gasteiger partial charge in [0.25, 0.3) is 0 Å². The molecule has 0 aliphatic rings. The number of para-hydroxylation sites is 1. The largest absolute Gasteiger partial charge is 0.456 e. The summed E-state index contributed by atoms with van der Waals surface area (Å²) in [6.45, 7) is 0. The van der Waals surface area contributed by atoms with Crippen molar-refractivity contribution in [3.05, 3.63) is 121 Å². The number of fused-ring (bicyclic) bond motifs is 5. The molecular formula is C32H20O. The van der Waals surface area contributed by atoms with Crippen LogP contribution in [-0.4, -0.2) is 0 Å². The zero-order chi connectivity index (χ0) is 28.7. The predicted octanol–water partition coefficient (Wildman–Crippen LogP) is 9.23. The second-order valence-corrected chi connectivity index (χ2v) is 7.89. The van der Waals surface area contributed by atoms with Crippen LogP contribution in [0.2, 0.25) is 0 Å². The van der Waals surface area contributed by atoms with Crippen LogP contribution in [0, 0.1) is 0 Å². The Kier molecular flexibility index (Phi) is 2.58. The highest BCUT2D eigenvalue weighted by molar-refractivity contribution is 6.25. The topological polar surface area (TPSA) is 13.1 Å². The first-order chi connectivity index (χ1) is 19.7. The molecule has 0 bridgehead atoms. The van der Waals surface area contributed by atoms with Gasteiger partial charge < -0.3 is 4.42 Å². The standard InChI is InChI=1S/C32H20O/c1-2-11-21(12-3-1)30-22-13-4-6-15-24(22)31(25-16-7-5-14-23(25)30)27-18-10-20-29-32(27)26-17-8-9-19-28(26)33-29/h1-20H/i1D,8D,9D,10D,17D,18D,19D,20D. The molecule has 0 fully saturated rings. The van der Waals surface area contributed by atoms with Crippen molar-refractivity contribution in [2.75, 3.05) is 0 Å². The number of hydrogen-bond donors (Lipinski definition) is 0. The molecule has 33 heavy (non-hydrogen) atoms. The third-order valence-electron chi connectivity index (χ3n) is 6.14. The minimum absolute atomic E-state index is 0.0497. The van der Waals surface area contributed by atoms with Crippen LogP contribution >= 0.6 is 0 Å². The molecule has 0 spiro atoms. The maximum Gasteiger partial charge on any atom is 0.136 e. The molecule has 1 aromatic heterocycles. The summed E-state index contributed by atoms with van der Waals surface area (Å²) in [6.07, 6.45) is 0. The first kappa shape index (κ1) is 12.0. The fourth-order valence-electron chi connectivity index (χ4n) is 4.81. The van der Waals surface area contributed by atoms with Crippen molar-refractivity contribution in [1.29, 1.82) is 0 Å². The van der Waals surface area contributed by atoms with E-state index in [2.05, 4.69) is 0 Å². The summed E-state index contributed by atoms with van der Waals surface area (Å²) in [7, 11) is 0. The van der Waals surface area contributed by atoms with Crippen LogP contribution in [-0.2, 0) is 0 Å². The number of furan rings is 1. The van der Waals surface area contributed by atoms with Crippen molar-refractivity contribution >= 4 is 43.5 Å². The van der Waals surface area contributed by atoms with E-state index in [1.807, 2.05) is 60.7 Å². The summed E-state index contributed by atoms with van der Waals surface area (Å²) in [5, 5.41) is 3.62. The maximum atomic E-state index is 9.12.